The summed E-state index contributed by atoms with van der Waals surface area (Å²) in [6, 6.07) is 5.45. The van der Waals surface area contributed by atoms with Crippen molar-refractivity contribution in [3.8, 4) is 0 Å². The molecule has 1 aromatic rings. The highest BCUT2D eigenvalue weighted by molar-refractivity contribution is 9.10. The van der Waals surface area contributed by atoms with Crippen LogP contribution in [0.3, 0.4) is 0 Å². The number of likely N-dealkylation sites (N-methyl/N-ethyl adjacent to an activating group) is 1. The van der Waals surface area contributed by atoms with Gasteiger partial charge in [0.1, 0.15) is 5.82 Å². The van der Waals surface area contributed by atoms with Gasteiger partial charge < -0.3 is 5.32 Å². The zero-order valence-corrected chi connectivity index (χ0v) is 14.5. The van der Waals surface area contributed by atoms with E-state index in [0.717, 1.165) is 28.8 Å². The van der Waals surface area contributed by atoms with Gasteiger partial charge in [0.25, 0.3) is 0 Å². The molecule has 1 nitrogen and oxygen atoms in total. The molecular weight excluding hydrogens is 325 g/mol. The average Bonchev–Trinajstić information content (AvgIpc) is 2.30. The number of benzene rings is 1. The van der Waals surface area contributed by atoms with Gasteiger partial charge in [-0.2, -0.15) is 11.8 Å². The van der Waals surface area contributed by atoms with Crippen LogP contribution in [-0.4, -0.2) is 23.1 Å². The van der Waals surface area contributed by atoms with E-state index >= 15 is 0 Å². The molecular formula is C15H23BrFNS. The number of rotatable bonds is 6. The van der Waals surface area contributed by atoms with Crippen molar-refractivity contribution in [3.05, 3.63) is 34.1 Å². The first-order valence-electron chi connectivity index (χ1n) is 6.63. The molecule has 0 saturated heterocycles. The lowest BCUT2D eigenvalue weighted by Gasteiger charge is -2.24. The van der Waals surface area contributed by atoms with Gasteiger partial charge >= 0.3 is 0 Å². The van der Waals surface area contributed by atoms with E-state index in [1.165, 1.54) is 6.07 Å². The van der Waals surface area contributed by atoms with Crippen LogP contribution in [-0.2, 0) is 6.42 Å². The van der Waals surface area contributed by atoms with Gasteiger partial charge in [0.15, 0.2) is 0 Å². The number of hydrogen-bond donors (Lipinski definition) is 1. The second kappa shape index (κ2) is 7.65. The molecule has 0 aromatic heterocycles. The van der Waals surface area contributed by atoms with Gasteiger partial charge in [-0.15, -0.1) is 0 Å². The SMILES string of the molecule is CCNC(CSC(C)(C)C)Cc1cc(Br)ccc1F. The monoisotopic (exact) mass is 347 g/mol. The number of hydrogen-bond acceptors (Lipinski definition) is 2. The Hall–Kier alpha value is -0.0600. The van der Waals surface area contributed by atoms with Crippen LogP contribution in [0, 0.1) is 5.82 Å². The minimum absolute atomic E-state index is 0.119. The van der Waals surface area contributed by atoms with E-state index in [2.05, 4.69) is 48.9 Å². The maximum Gasteiger partial charge on any atom is 0.126 e. The van der Waals surface area contributed by atoms with Crippen molar-refractivity contribution in [2.75, 3.05) is 12.3 Å². The molecule has 4 heteroatoms. The molecule has 1 rings (SSSR count). The molecule has 1 aromatic carbocycles. The van der Waals surface area contributed by atoms with E-state index in [-0.39, 0.29) is 10.6 Å². The van der Waals surface area contributed by atoms with Crippen LogP contribution in [0.1, 0.15) is 33.3 Å². The molecule has 1 N–H and O–H groups in total. The van der Waals surface area contributed by atoms with Crippen molar-refractivity contribution >= 4 is 27.7 Å². The molecule has 1 unspecified atom stereocenters. The average molecular weight is 348 g/mol. The van der Waals surface area contributed by atoms with Crippen molar-refractivity contribution < 1.29 is 4.39 Å². The van der Waals surface area contributed by atoms with Crippen LogP contribution in [0.15, 0.2) is 22.7 Å². The maximum absolute atomic E-state index is 13.8. The van der Waals surface area contributed by atoms with Crippen molar-refractivity contribution in [2.45, 2.75) is 44.9 Å². The smallest absolute Gasteiger partial charge is 0.126 e. The second-order valence-corrected chi connectivity index (χ2v) is 8.38. The van der Waals surface area contributed by atoms with Crippen molar-refractivity contribution in [3.63, 3.8) is 0 Å². The number of halogens is 2. The Kier molecular flexibility index (Phi) is 6.84. The zero-order chi connectivity index (χ0) is 14.5. The van der Waals surface area contributed by atoms with Crippen LogP contribution in [0.4, 0.5) is 4.39 Å². The first kappa shape index (κ1) is 17.0. The highest BCUT2D eigenvalue weighted by Gasteiger charge is 2.17. The van der Waals surface area contributed by atoms with E-state index in [1.807, 2.05) is 17.8 Å². The lowest BCUT2D eigenvalue weighted by Crippen LogP contribution is -2.34. The van der Waals surface area contributed by atoms with E-state index in [4.69, 9.17) is 0 Å². The fourth-order valence-corrected chi connectivity index (χ4v) is 3.14. The molecule has 0 saturated carbocycles. The molecule has 0 bridgehead atoms. The van der Waals surface area contributed by atoms with E-state index in [1.54, 1.807) is 6.07 Å². The van der Waals surface area contributed by atoms with Crippen LogP contribution < -0.4 is 5.32 Å². The molecule has 0 aliphatic carbocycles. The minimum atomic E-state index is -0.119. The summed E-state index contributed by atoms with van der Waals surface area (Å²) in [6.07, 6.45) is 0.724. The molecule has 0 spiro atoms. The Labute approximate surface area is 128 Å². The standard InChI is InChI=1S/C15H23BrFNS/c1-5-18-13(10-19-15(2,3)4)9-11-8-12(16)6-7-14(11)17/h6-8,13,18H,5,9-10H2,1-4H3. The van der Waals surface area contributed by atoms with E-state index in [0.29, 0.717) is 6.04 Å². The topological polar surface area (TPSA) is 12.0 Å². The fraction of sp³-hybridized carbons (Fsp3) is 0.600. The normalized spacial score (nSPS) is 13.6. The summed E-state index contributed by atoms with van der Waals surface area (Å²) in [5.41, 5.74) is 0.773. The molecule has 108 valence electrons. The molecule has 0 fully saturated rings. The minimum Gasteiger partial charge on any atom is -0.313 e. The fourth-order valence-electron chi connectivity index (χ4n) is 1.79. The molecule has 0 aliphatic rings. The van der Waals surface area contributed by atoms with Gasteiger partial charge in [0, 0.05) is 21.0 Å². The van der Waals surface area contributed by atoms with E-state index < -0.39 is 0 Å². The Bertz CT molecular complexity index is 404. The van der Waals surface area contributed by atoms with Gasteiger partial charge in [0.2, 0.25) is 0 Å². The highest BCUT2D eigenvalue weighted by Crippen LogP contribution is 2.25. The zero-order valence-electron chi connectivity index (χ0n) is 12.1. The molecule has 0 heterocycles. The summed E-state index contributed by atoms with van der Waals surface area (Å²) in [5, 5.41) is 3.45. The van der Waals surface area contributed by atoms with Gasteiger partial charge in [-0.3, -0.25) is 0 Å². The van der Waals surface area contributed by atoms with Gasteiger partial charge in [-0.1, -0.05) is 43.6 Å². The summed E-state index contributed by atoms with van der Waals surface area (Å²) < 4.78 is 15.0. The molecule has 19 heavy (non-hydrogen) atoms. The maximum atomic E-state index is 13.8. The van der Waals surface area contributed by atoms with Crippen molar-refractivity contribution in [1.29, 1.82) is 0 Å². The third-order valence-electron chi connectivity index (χ3n) is 2.68. The van der Waals surface area contributed by atoms with Crippen LogP contribution in [0.25, 0.3) is 0 Å². The highest BCUT2D eigenvalue weighted by atomic mass is 79.9. The van der Waals surface area contributed by atoms with Crippen LogP contribution in [0.5, 0.6) is 0 Å². The Morgan fingerprint density at radius 2 is 2.05 bits per heavy atom. The first-order chi connectivity index (χ1) is 8.81. The summed E-state index contributed by atoms with van der Waals surface area (Å²) in [4.78, 5) is 0. The lowest BCUT2D eigenvalue weighted by molar-refractivity contribution is 0.544. The van der Waals surface area contributed by atoms with Crippen molar-refractivity contribution in [2.24, 2.45) is 0 Å². The van der Waals surface area contributed by atoms with E-state index in [9.17, 15) is 4.39 Å². The van der Waals surface area contributed by atoms with Gasteiger partial charge in [-0.25, -0.2) is 4.39 Å². The molecule has 1 atom stereocenters. The van der Waals surface area contributed by atoms with Crippen LogP contribution >= 0.6 is 27.7 Å². The number of thioether (sulfide) groups is 1. The predicted octanol–water partition coefficient (Wildman–Crippen LogP) is 4.64. The van der Waals surface area contributed by atoms with Crippen LogP contribution in [0.2, 0.25) is 0 Å². The molecule has 0 aliphatic heterocycles. The lowest BCUT2D eigenvalue weighted by atomic mass is 10.1. The Morgan fingerprint density at radius 3 is 2.63 bits per heavy atom. The third-order valence-corrected chi connectivity index (χ3v) is 4.61. The summed E-state index contributed by atoms with van der Waals surface area (Å²) in [5.74, 6) is 0.871. The molecule has 0 amide bonds. The largest absolute Gasteiger partial charge is 0.313 e. The summed E-state index contributed by atoms with van der Waals surface area (Å²) >= 11 is 5.32. The predicted molar refractivity (Wildman–Crippen MR) is 87.5 cm³/mol. The second-order valence-electron chi connectivity index (χ2n) is 5.62. The molecule has 0 radical (unpaired) electrons. The van der Waals surface area contributed by atoms with Crippen molar-refractivity contribution in [1.82, 2.24) is 5.32 Å². The Morgan fingerprint density at radius 1 is 1.37 bits per heavy atom. The van der Waals surface area contributed by atoms with Gasteiger partial charge in [-0.05, 0) is 36.7 Å². The number of nitrogens with one attached hydrogen (secondary N) is 1. The van der Waals surface area contributed by atoms with Gasteiger partial charge in [0.05, 0.1) is 0 Å². The summed E-state index contributed by atoms with van der Waals surface area (Å²) in [6.45, 7) is 9.62. The first-order valence-corrected chi connectivity index (χ1v) is 8.41. The summed E-state index contributed by atoms with van der Waals surface area (Å²) in [7, 11) is 0. The Balaban J connectivity index is 2.69. The third kappa shape index (κ3) is 6.77. The quantitative estimate of drug-likeness (QED) is 0.804.